The van der Waals surface area contributed by atoms with Gasteiger partial charge in [0.15, 0.2) is 0 Å². The third-order valence-electron chi connectivity index (χ3n) is 3.95. The van der Waals surface area contributed by atoms with E-state index in [-0.39, 0.29) is 17.9 Å². The quantitative estimate of drug-likeness (QED) is 0.752. The van der Waals surface area contributed by atoms with Crippen molar-refractivity contribution >= 4 is 11.9 Å². The number of carbonyl (C=O) groups is 2. The summed E-state index contributed by atoms with van der Waals surface area (Å²) in [5.74, 6) is -0.561. The van der Waals surface area contributed by atoms with Crippen LogP contribution >= 0.6 is 0 Å². The Kier molecular flexibility index (Phi) is 4.39. The van der Waals surface area contributed by atoms with Crippen LogP contribution in [0.4, 0.5) is 0 Å². The highest BCUT2D eigenvalue weighted by atomic mass is 16.4. The Morgan fingerprint density at radius 2 is 2.11 bits per heavy atom. The molecule has 0 aliphatic heterocycles. The van der Waals surface area contributed by atoms with Crippen molar-refractivity contribution in [2.75, 3.05) is 0 Å². The minimum Gasteiger partial charge on any atom is -0.481 e. The molecule has 4 heteroatoms. The summed E-state index contributed by atoms with van der Waals surface area (Å²) >= 11 is 0. The zero-order chi connectivity index (χ0) is 13.0. The van der Waals surface area contributed by atoms with Crippen molar-refractivity contribution in [2.45, 2.75) is 51.0 Å². The second-order valence-corrected chi connectivity index (χ2v) is 5.44. The molecule has 18 heavy (non-hydrogen) atoms. The molecular formula is C14H21NO3. The van der Waals surface area contributed by atoms with E-state index in [0.29, 0.717) is 18.8 Å². The van der Waals surface area contributed by atoms with Gasteiger partial charge < -0.3 is 10.4 Å². The highest BCUT2D eigenvalue weighted by Gasteiger charge is 2.28. The number of hydrogen-bond acceptors (Lipinski definition) is 2. The number of allylic oxidation sites excluding steroid dienone is 2. The predicted molar refractivity (Wildman–Crippen MR) is 68.0 cm³/mol. The van der Waals surface area contributed by atoms with E-state index < -0.39 is 5.97 Å². The lowest BCUT2D eigenvalue weighted by molar-refractivity contribution is -0.143. The molecule has 0 spiro atoms. The van der Waals surface area contributed by atoms with Crippen LogP contribution in [0, 0.1) is 11.8 Å². The summed E-state index contributed by atoms with van der Waals surface area (Å²) in [5.41, 5.74) is 0. The lowest BCUT2D eigenvalue weighted by atomic mass is 9.85. The molecule has 0 bridgehead atoms. The van der Waals surface area contributed by atoms with E-state index in [1.165, 1.54) is 0 Å². The Morgan fingerprint density at radius 3 is 2.78 bits per heavy atom. The van der Waals surface area contributed by atoms with Crippen LogP contribution in [-0.2, 0) is 9.59 Å². The third kappa shape index (κ3) is 3.59. The first-order valence-corrected chi connectivity index (χ1v) is 6.84. The van der Waals surface area contributed by atoms with E-state index in [0.717, 1.165) is 32.1 Å². The minimum atomic E-state index is -0.729. The fourth-order valence-electron chi connectivity index (χ4n) is 2.94. The van der Waals surface area contributed by atoms with Crippen LogP contribution in [-0.4, -0.2) is 23.0 Å². The van der Waals surface area contributed by atoms with Crippen molar-refractivity contribution in [2.24, 2.45) is 11.8 Å². The first-order valence-electron chi connectivity index (χ1n) is 6.84. The highest BCUT2D eigenvalue weighted by molar-refractivity contribution is 5.77. The summed E-state index contributed by atoms with van der Waals surface area (Å²) in [7, 11) is 0. The van der Waals surface area contributed by atoms with Gasteiger partial charge in [-0.15, -0.1) is 0 Å². The minimum absolute atomic E-state index is 0.0535. The largest absolute Gasteiger partial charge is 0.481 e. The molecule has 2 N–H and O–H groups in total. The summed E-state index contributed by atoms with van der Waals surface area (Å²) in [4.78, 5) is 22.8. The second-order valence-electron chi connectivity index (χ2n) is 5.44. The smallest absolute Gasteiger partial charge is 0.306 e. The molecule has 4 nitrogen and oxygen atoms in total. The summed E-state index contributed by atoms with van der Waals surface area (Å²) in [6.45, 7) is 0. The van der Waals surface area contributed by atoms with E-state index in [1.54, 1.807) is 0 Å². The molecular weight excluding hydrogens is 230 g/mol. The van der Waals surface area contributed by atoms with Gasteiger partial charge in [0, 0.05) is 12.5 Å². The fraction of sp³-hybridized carbons (Fsp3) is 0.714. The van der Waals surface area contributed by atoms with Gasteiger partial charge in [0.2, 0.25) is 5.91 Å². The molecule has 0 saturated heterocycles. The lowest BCUT2D eigenvalue weighted by Crippen LogP contribution is -2.40. The third-order valence-corrected chi connectivity index (χ3v) is 3.95. The van der Waals surface area contributed by atoms with Crippen molar-refractivity contribution in [3.8, 4) is 0 Å². The molecule has 1 saturated carbocycles. The highest BCUT2D eigenvalue weighted by Crippen LogP contribution is 2.25. The Bertz CT molecular complexity index is 351. The van der Waals surface area contributed by atoms with Crippen LogP contribution in [0.2, 0.25) is 0 Å². The van der Waals surface area contributed by atoms with Gasteiger partial charge in [-0.25, -0.2) is 0 Å². The maximum absolute atomic E-state index is 11.9. The van der Waals surface area contributed by atoms with Crippen LogP contribution in [0.3, 0.4) is 0 Å². The van der Waals surface area contributed by atoms with Crippen molar-refractivity contribution in [3.63, 3.8) is 0 Å². The molecule has 3 unspecified atom stereocenters. The number of hydrogen-bond donors (Lipinski definition) is 2. The van der Waals surface area contributed by atoms with E-state index in [9.17, 15) is 9.59 Å². The molecule has 1 fully saturated rings. The summed E-state index contributed by atoms with van der Waals surface area (Å²) in [6, 6.07) is 0.0535. The van der Waals surface area contributed by atoms with E-state index in [2.05, 4.69) is 17.5 Å². The topological polar surface area (TPSA) is 66.4 Å². The molecule has 0 aromatic heterocycles. The molecule has 0 radical (unpaired) electrons. The Labute approximate surface area is 107 Å². The van der Waals surface area contributed by atoms with Crippen LogP contribution in [0.5, 0.6) is 0 Å². The van der Waals surface area contributed by atoms with Gasteiger partial charge in [0.1, 0.15) is 0 Å². The van der Waals surface area contributed by atoms with E-state index in [1.807, 2.05) is 0 Å². The number of nitrogens with one attached hydrogen (secondary N) is 1. The lowest BCUT2D eigenvalue weighted by Gasteiger charge is -2.27. The Morgan fingerprint density at radius 1 is 1.28 bits per heavy atom. The van der Waals surface area contributed by atoms with Gasteiger partial charge in [-0.2, -0.15) is 0 Å². The van der Waals surface area contributed by atoms with Gasteiger partial charge in [-0.05, 0) is 38.0 Å². The van der Waals surface area contributed by atoms with Crippen molar-refractivity contribution in [1.82, 2.24) is 5.32 Å². The van der Waals surface area contributed by atoms with Gasteiger partial charge in [0.25, 0.3) is 0 Å². The molecule has 2 rings (SSSR count). The summed E-state index contributed by atoms with van der Waals surface area (Å²) in [5, 5.41) is 12.0. The molecule has 100 valence electrons. The van der Waals surface area contributed by atoms with Crippen molar-refractivity contribution < 1.29 is 14.7 Å². The molecule has 2 aliphatic carbocycles. The van der Waals surface area contributed by atoms with Crippen LogP contribution in [0.15, 0.2) is 12.2 Å². The fourth-order valence-corrected chi connectivity index (χ4v) is 2.94. The molecule has 1 amide bonds. The SMILES string of the molecule is O=C(CC1C=CCC1)NC1CCCC(C(=O)O)C1. The predicted octanol–water partition coefficient (Wildman–Crippen LogP) is 2.10. The monoisotopic (exact) mass is 251 g/mol. The van der Waals surface area contributed by atoms with Crippen LogP contribution < -0.4 is 5.32 Å². The maximum Gasteiger partial charge on any atom is 0.306 e. The number of carboxylic acids is 1. The first kappa shape index (κ1) is 13.1. The molecule has 0 heterocycles. The Hall–Kier alpha value is -1.32. The summed E-state index contributed by atoms with van der Waals surface area (Å²) in [6.07, 6.45) is 10.1. The summed E-state index contributed by atoms with van der Waals surface area (Å²) < 4.78 is 0. The molecule has 0 aromatic rings. The maximum atomic E-state index is 11.9. The molecule has 3 atom stereocenters. The number of amides is 1. The van der Waals surface area contributed by atoms with E-state index >= 15 is 0 Å². The number of aliphatic carboxylic acids is 1. The van der Waals surface area contributed by atoms with Gasteiger partial charge in [-0.3, -0.25) is 9.59 Å². The molecule has 0 aromatic carbocycles. The van der Waals surface area contributed by atoms with Gasteiger partial charge in [0.05, 0.1) is 5.92 Å². The van der Waals surface area contributed by atoms with Gasteiger partial charge >= 0.3 is 5.97 Å². The van der Waals surface area contributed by atoms with Gasteiger partial charge in [-0.1, -0.05) is 18.6 Å². The van der Waals surface area contributed by atoms with Crippen LogP contribution in [0.1, 0.15) is 44.9 Å². The first-order chi connectivity index (χ1) is 8.65. The number of carboxylic acid groups (broad SMARTS) is 1. The second kappa shape index (κ2) is 6.03. The van der Waals surface area contributed by atoms with Crippen molar-refractivity contribution in [3.05, 3.63) is 12.2 Å². The number of rotatable bonds is 4. The van der Waals surface area contributed by atoms with E-state index in [4.69, 9.17) is 5.11 Å². The van der Waals surface area contributed by atoms with Crippen molar-refractivity contribution in [1.29, 1.82) is 0 Å². The zero-order valence-electron chi connectivity index (χ0n) is 10.6. The normalized spacial score (nSPS) is 31.2. The average molecular weight is 251 g/mol. The van der Waals surface area contributed by atoms with Crippen LogP contribution in [0.25, 0.3) is 0 Å². The zero-order valence-corrected chi connectivity index (χ0v) is 10.6. The number of carbonyl (C=O) groups excluding carboxylic acids is 1. The standard InChI is InChI=1S/C14H21NO3/c16-13(8-10-4-1-2-5-10)15-12-7-3-6-11(9-12)14(17)18/h1,4,10-12H,2-3,5-9H2,(H,15,16)(H,17,18). The molecule has 2 aliphatic rings. The average Bonchev–Trinajstić information content (AvgIpc) is 2.82. The Balaban J connectivity index is 1.76.